The van der Waals surface area contributed by atoms with E-state index < -0.39 is 5.97 Å². The number of hydrogen-bond donors (Lipinski definition) is 2. The van der Waals surface area contributed by atoms with Crippen molar-refractivity contribution in [2.75, 3.05) is 0 Å². The summed E-state index contributed by atoms with van der Waals surface area (Å²) in [6, 6.07) is 12.1. The Hall–Kier alpha value is -3.21. The second-order valence-corrected chi connectivity index (χ2v) is 8.33. The first-order valence-corrected chi connectivity index (χ1v) is 13.0. The Bertz CT molecular complexity index is 838. The normalized spacial score (nSPS) is 10.7. The number of fused-ring (bicyclic) bond motifs is 1. The third-order valence-electron chi connectivity index (χ3n) is 5.26. The maximum absolute atomic E-state index is 10.3. The number of unbranched alkanes of at least 4 members (excludes halogenated alkanes) is 8. The van der Waals surface area contributed by atoms with Crippen LogP contribution >= 0.6 is 0 Å². The lowest BCUT2D eigenvalue weighted by Crippen LogP contribution is -1.93. The van der Waals surface area contributed by atoms with E-state index in [1.54, 1.807) is 18.7 Å². The van der Waals surface area contributed by atoms with Gasteiger partial charge in [-0.2, -0.15) is 0 Å². The summed E-state index contributed by atoms with van der Waals surface area (Å²) in [5, 5.41) is 9.70. The molecular formula is C30H43N3O2. The number of aromatic amines is 1. The van der Waals surface area contributed by atoms with E-state index in [-0.39, 0.29) is 0 Å². The Balaban J connectivity index is 0.000000328. The predicted molar refractivity (Wildman–Crippen MR) is 147 cm³/mol. The maximum Gasteiger partial charge on any atom is 0.303 e. The Morgan fingerprint density at radius 3 is 2.17 bits per heavy atom. The molecule has 0 aliphatic carbocycles. The van der Waals surface area contributed by atoms with Crippen LogP contribution in [0.15, 0.2) is 85.6 Å². The number of carboxylic acid groups (broad SMARTS) is 1. The van der Waals surface area contributed by atoms with Crippen LogP contribution in [0.1, 0.15) is 84.0 Å². The second kappa shape index (κ2) is 22.6. The molecule has 190 valence electrons. The Kier molecular flexibility index (Phi) is 19.2. The summed E-state index contributed by atoms with van der Waals surface area (Å²) < 4.78 is 0. The van der Waals surface area contributed by atoms with Crippen LogP contribution in [0.5, 0.6) is 0 Å². The molecule has 2 N–H and O–H groups in total. The summed E-state index contributed by atoms with van der Waals surface area (Å²) in [6.07, 6.45) is 29.2. The van der Waals surface area contributed by atoms with Gasteiger partial charge in [0, 0.05) is 30.4 Å². The molecule has 0 saturated heterocycles. The average Bonchev–Trinajstić information content (AvgIpc) is 3.47. The predicted octanol–water partition coefficient (Wildman–Crippen LogP) is 8.53. The highest BCUT2D eigenvalue weighted by Gasteiger charge is 1.95. The van der Waals surface area contributed by atoms with E-state index in [2.05, 4.69) is 58.3 Å². The molecule has 5 nitrogen and oxygen atoms in total. The zero-order valence-corrected chi connectivity index (χ0v) is 21.3. The minimum atomic E-state index is -0.671. The largest absolute Gasteiger partial charge is 0.481 e. The van der Waals surface area contributed by atoms with Crippen LogP contribution in [-0.4, -0.2) is 26.0 Å². The van der Waals surface area contributed by atoms with Crippen molar-refractivity contribution in [1.82, 2.24) is 15.0 Å². The van der Waals surface area contributed by atoms with Crippen molar-refractivity contribution in [1.29, 1.82) is 0 Å². The van der Waals surface area contributed by atoms with Gasteiger partial charge in [0.05, 0.1) is 11.8 Å². The molecule has 3 rings (SSSR count). The first-order valence-electron chi connectivity index (χ1n) is 13.0. The van der Waals surface area contributed by atoms with Crippen LogP contribution in [0, 0.1) is 0 Å². The summed E-state index contributed by atoms with van der Waals surface area (Å²) in [5.41, 5.74) is 1.06. The highest BCUT2D eigenvalue weighted by molar-refractivity contribution is 5.77. The lowest BCUT2D eigenvalue weighted by Gasteiger charge is -1.98. The first kappa shape index (κ1) is 29.8. The molecule has 0 amide bonds. The zero-order chi connectivity index (χ0) is 25.2. The van der Waals surface area contributed by atoms with Crippen LogP contribution in [0.2, 0.25) is 0 Å². The monoisotopic (exact) mass is 477 g/mol. The smallest absolute Gasteiger partial charge is 0.303 e. The fraction of sp³-hybridized carbons (Fsp3) is 0.433. The summed E-state index contributed by atoms with van der Waals surface area (Å²) in [6.45, 7) is 2.23. The third-order valence-corrected chi connectivity index (χ3v) is 5.26. The Morgan fingerprint density at radius 1 is 0.857 bits per heavy atom. The number of nitrogens with one attached hydrogen (secondary N) is 1. The number of nitrogens with zero attached hydrogens (tertiary/aromatic N) is 2. The van der Waals surface area contributed by atoms with E-state index in [0.29, 0.717) is 6.42 Å². The van der Waals surface area contributed by atoms with Gasteiger partial charge in [-0.1, -0.05) is 87.6 Å². The number of carbonyl (C=O) groups is 1. The van der Waals surface area contributed by atoms with Gasteiger partial charge < -0.3 is 10.1 Å². The molecule has 0 fully saturated rings. The van der Waals surface area contributed by atoms with E-state index in [1.165, 1.54) is 50.3 Å². The van der Waals surface area contributed by atoms with Gasteiger partial charge in [-0.15, -0.1) is 0 Å². The molecule has 2 heterocycles. The highest BCUT2D eigenvalue weighted by atomic mass is 16.4. The molecule has 0 bridgehead atoms. The van der Waals surface area contributed by atoms with Crippen molar-refractivity contribution in [2.24, 2.45) is 0 Å². The summed E-state index contributed by atoms with van der Waals surface area (Å²) in [5.74, 6) is -0.671. The van der Waals surface area contributed by atoms with Crippen LogP contribution in [0.3, 0.4) is 0 Å². The summed E-state index contributed by atoms with van der Waals surface area (Å²) >= 11 is 0. The lowest BCUT2D eigenvalue weighted by molar-refractivity contribution is -0.137. The molecule has 0 saturated carbocycles. The molecule has 35 heavy (non-hydrogen) atoms. The van der Waals surface area contributed by atoms with Gasteiger partial charge in [0.25, 0.3) is 0 Å². The van der Waals surface area contributed by atoms with Gasteiger partial charge >= 0.3 is 5.97 Å². The van der Waals surface area contributed by atoms with Crippen LogP contribution in [0.25, 0.3) is 10.9 Å². The van der Waals surface area contributed by atoms with Crippen molar-refractivity contribution in [2.45, 2.75) is 84.0 Å². The van der Waals surface area contributed by atoms with E-state index in [0.717, 1.165) is 31.2 Å². The van der Waals surface area contributed by atoms with E-state index in [1.807, 2.05) is 30.5 Å². The fourth-order valence-electron chi connectivity index (χ4n) is 3.32. The molecular weight excluding hydrogens is 434 g/mol. The Morgan fingerprint density at radius 2 is 1.54 bits per heavy atom. The van der Waals surface area contributed by atoms with Crippen molar-refractivity contribution in [3.8, 4) is 0 Å². The highest BCUT2D eigenvalue weighted by Crippen LogP contribution is 2.09. The number of pyridine rings is 1. The van der Waals surface area contributed by atoms with Crippen LogP contribution in [-0.2, 0) is 4.79 Å². The number of H-pyrrole nitrogens is 1. The standard InChI is InChI=1S/C18H32O2.C9H7N.C3H4N2/c1-2-3-4-5-6-7-8-9-10-11-12-13-14-15-16-17-18(19)20;1-2-6-9-8(4-1)5-3-7-10-9;1-2-5-3-4-1/h6-7,9-10H,2-5,8,11-17H2,1H3,(H,19,20);1-7H;1-3H,(H,4,5)/b7-6-,10-9-;;. The number of allylic oxidation sites excluding steroid dienone is 4. The number of rotatable bonds is 14. The van der Waals surface area contributed by atoms with Gasteiger partial charge in [0.1, 0.15) is 0 Å². The first-order chi connectivity index (χ1) is 17.2. The molecule has 5 heteroatoms. The molecule has 0 unspecified atom stereocenters. The van der Waals surface area contributed by atoms with Crippen molar-refractivity contribution in [3.63, 3.8) is 0 Å². The van der Waals surface area contributed by atoms with E-state index in [4.69, 9.17) is 5.11 Å². The fourth-order valence-corrected chi connectivity index (χ4v) is 3.32. The molecule has 0 aliphatic heterocycles. The molecule has 3 aromatic rings. The van der Waals surface area contributed by atoms with Gasteiger partial charge in [-0.25, -0.2) is 4.98 Å². The van der Waals surface area contributed by atoms with Crippen molar-refractivity contribution >= 4 is 16.9 Å². The SMILES string of the molecule is CCCCC/C=C\C/C=C\CCCCCCCC(=O)O.c1c[nH]cn1.c1ccc2ncccc2c1. The summed E-state index contributed by atoms with van der Waals surface area (Å²) in [7, 11) is 0. The van der Waals surface area contributed by atoms with Gasteiger partial charge in [-0.05, 0) is 50.7 Å². The van der Waals surface area contributed by atoms with Gasteiger partial charge in [0.15, 0.2) is 0 Å². The Labute approximate surface area is 211 Å². The number of aliphatic carboxylic acids is 1. The minimum absolute atomic E-state index is 0.324. The average molecular weight is 478 g/mol. The second-order valence-electron chi connectivity index (χ2n) is 8.33. The van der Waals surface area contributed by atoms with Crippen LogP contribution < -0.4 is 0 Å². The number of hydrogen-bond acceptors (Lipinski definition) is 3. The minimum Gasteiger partial charge on any atom is -0.481 e. The number of carboxylic acids is 1. The van der Waals surface area contributed by atoms with E-state index in [9.17, 15) is 4.79 Å². The summed E-state index contributed by atoms with van der Waals surface area (Å²) in [4.78, 5) is 20.9. The topological polar surface area (TPSA) is 78.9 Å². The lowest BCUT2D eigenvalue weighted by atomic mass is 10.1. The maximum atomic E-state index is 10.3. The van der Waals surface area contributed by atoms with Gasteiger partial charge in [-0.3, -0.25) is 9.78 Å². The van der Waals surface area contributed by atoms with Gasteiger partial charge in [0.2, 0.25) is 0 Å². The molecule has 0 aliphatic rings. The molecule has 1 aromatic carbocycles. The molecule has 0 radical (unpaired) electrons. The number of benzene rings is 1. The number of imidazole rings is 1. The van der Waals surface area contributed by atoms with Crippen molar-refractivity contribution < 1.29 is 9.90 Å². The number of aromatic nitrogens is 3. The molecule has 0 atom stereocenters. The van der Waals surface area contributed by atoms with Crippen LogP contribution in [0.4, 0.5) is 0 Å². The molecule has 0 spiro atoms. The van der Waals surface area contributed by atoms with Crippen molar-refractivity contribution in [3.05, 3.63) is 85.6 Å². The molecule has 2 aromatic heterocycles. The number of para-hydroxylation sites is 1. The quantitative estimate of drug-likeness (QED) is 0.180. The third kappa shape index (κ3) is 18.9. The van der Waals surface area contributed by atoms with E-state index >= 15 is 0 Å². The zero-order valence-electron chi connectivity index (χ0n) is 21.3.